The van der Waals surface area contributed by atoms with Gasteiger partial charge in [-0.15, -0.1) is 0 Å². The Kier molecular flexibility index (Phi) is 6.09. The van der Waals surface area contributed by atoms with E-state index in [2.05, 4.69) is 51.3 Å². The number of fused-ring (bicyclic) bond motifs is 1. The fourth-order valence-electron chi connectivity index (χ4n) is 3.17. The van der Waals surface area contributed by atoms with Gasteiger partial charge in [-0.05, 0) is 23.8 Å². The summed E-state index contributed by atoms with van der Waals surface area (Å²) in [5, 5.41) is 6.24. The van der Waals surface area contributed by atoms with Crippen LogP contribution in [0.25, 0.3) is 21.3 Å². The molecule has 0 atom stereocenters. The van der Waals surface area contributed by atoms with E-state index in [1.165, 1.54) is 11.3 Å². The van der Waals surface area contributed by atoms with Crippen molar-refractivity contribution in [1.29, 1.82) is 0 Å². The number of H-pyrrole nitrogens is 1. The first kappa shape index (κ1) is 21.8. The molecule has 0 bridgehead atoms. The minimum atomic E-state index is -0.281. The largest absolute Gasteiger partial charge is 0.495 e. The number of amides is 2. The number of carbonyl (C=O) groups excluding carboxylic acids is 1. The van der Waals surface area contributed by atoms with E-state index in [1.807, 2.05) is 30.5 Å². The average molecular weight is 451 g/mol. The van der Waals surface area contributed by atoms with E-state index < -0.39 is 0 Å². The number of aromatic nitrogens is 4. The lowest BCUT2D eigenvalue weighted by Crippen LogP contribution is -2.30. The Morgan fingerprint density at radius 1 is 1.16 bits per heavy atom. The van der Waals surface area contributed by atoms with E-state index in [-0.39, 0.29) is 11.4 Å². The first-order valence-electron chi connectivity index (χ1n) is 10.3. The second kappa shape index (κ2) is 8.96. The highest BCUT2D eigenvalue weighted by Crippen LogP contribution is 2.31. The molecule has 0 radical (unpaired) electrons. The van der Waals surface area contributed by atoms with Crippen molar-refractivity contribution < 1.29 is 9.53 Å². The quantitative estimate of drug-likeness (QED) is 0.393. The maximum absolute atomic E-state index is 12.3. The van der Waals surface area contributed by atoms with Gasteiger partial charge >= 0.3 is 6.03 Å². The predicted molar refractivity (Wildman–Crippen MR) is 127 cm³/mol. The Morgan fingerprint density at radius 3 is 2.75 bits per heavy atom. The number of methoxy groups -OCH3 is 1. The standard InChI is InChI=1S/C23H26N6O2S/c1-23(2,3)20-26-12-16(27-20)7-8-25-21(30)29-22-28-18-6-5-14(10-19(18)32-22)15-9-17(31-4)13-24-11-15/h5-6,9-13H,7-8H2,1-4H3,(H,26,27)(H2,25,28,29,30). The molecule has 8 nitrogen and oxygen atoms in total. The zero-order chi connectivity index (χ0) is 22.7. The topological polar surface area (TPSA) is 105 Å². The van der Waals surface area contributed by atoms with Crippen LogP contribution in [0.2, 0.25) is 0 Å². The Balaban J connectivity index is 1.36. The van der Waals surface area contributed by atoms with Gasteiger partial charge in [0.1, 0.15) is 11.6 Å². The summed E-state index contributed by atoms with van der Waals surface area (Å²) in [5.74, 6) is 1.64. The van der Waals surface area contributed by atoms with Crippen LogP contribution in [0.4, 0.5) is 9.93 Å². The number of thiazole rings is 1. The molecule has 1 aromatic carbocycles. The molecule has 166 valence electrons. The molecule has 0 aliphatic carbocycles. The fraction of sp³-hybridized carbons (Fsp3) is 0.304. The summed E-state index contributed by atoms with van der Waals surface area (Å²) < 4.78 is 6.24. The summed E-state index contributed by atoms with van der Waals surface area (Å²) >= 11 is 1.43. The van der Waals surface area contributed by atoms with Crippen LogP contribution in [-0.4, -0.2) is 39.6 Å². The van der Waals surface area contributed by atoms with Gasteiger partial charge in [0.15, 0.2) is 5.13 Å². The van der Waals surface area contributed by atoms with Crippen molar-refractivity contribution >= 4 is 32.7 Å². The average Bonchev–Trinajstić information content (AvgIpc) is 3.39. The van der Waals surface area contributed by atoms with E-state index in [0.29, 0.717) is 23.8 Å². The molecule has 0 spiro atoms. The Hall–Kier alpha value is -3.46. The monoisotopic (exact) mass is 450 g/mol. The predicted octanol–water partition coefficient (Wildman–Crippen LogP) is 4.75. The molecule has 4 aromatic rings. The Morgan fingerprint density at radius 2 is 2.00 bits per heavy atom. The van der Waals surface area contributed by atoms with Crippen molar-refractivity contribution in [3.63, 3.8) is 0 Å². The number of benzene rings is 1. The van der Waals surface area contributed by atoms with E-state index >= 15 is 0 Å². The summed E-state index contributed by atoms with van der Waals surface area (Å²) in [5.41, 5.74) is 3.77. The van der Waals surface area contributed by atoms with Crippen molar-refractivity contribution in [2.24, 2.45) is 0 Å². The lowest BCUT2D eigenvalue weighted by molar-refractivity contribution is 0.252. The van der Waals surface area contributed by atoms with Crippen molar-refractivity contribution in [1.82, 2.24) is 25.3 Å². The first-order valence-corrected chi connectivity index (χ1v) is 11.1. The van der Waals surface area contributed by atoms with Crippen LogP contribution < -0.4 is 15.4 Å². The first-order chi connectivity index (χ1) is 15.3. The number of ether oxygens (including phenoxy) is 1. The van der Waals surface area contributed by atoms with Crippen LogP contribution in [0.5, 0.6) is 5.75 Å². The van der Waals surface area contributed by atoms with Crippen LogP contribution in [0.3, 0.4) is 0 Å². The minimum absolute atomic E-state index is 0.0289. The number of imidazole rings is 1. The number of hydrogen-bond acceptors (Lipinski definition) is 6. The van der Waals surface area contributed by atoms with Gasteiger partial charge in [0.05, 0.1) is 23.5 Å². The van der Waals surface area contributed by atoms with Crippen LogP contribution in [0.1, 0.15) is 32.3 Å². The third kappa shape index (κ3) is 5.05. The van der Waals surface area contributed by atoms with Gasteiger partial charge in [0, 0.05) is 42.0 Å². The van der Waals surface area contributed by atoms with Crippen LogP contribution >= 0.6 is 11.3 Å². The highest BCUT2D eigenvalue weighted by Gasteiger charge is 2.17. The van der Waals surface area contributed by atoms with Crippen LogP contribution in [0.15, 0.2) is 42.9 Å². The summed E-state index contributed by atoms with van der Waals surface area (Å²) in [6.07, 6.45) is 5.96. The van der Waals surface area contributed by atoms with Crippen molar-refractivity contribution in [2.75, 3.05) is 19.0 Å². The van der Waals surface area contributed by atoms with Crippen molar-refractivity contribution in [3.05, 3.63) is 54.4 Å². The smallest absolute Gasteiger partial charge is 0.321 e. The Labute approximate surface area is 190 Å². The lowest BCUT2D eigenvalue weighted by atomic mass is 9.96. The molecule has 3 aromatic heterocycles. The molecule has 0 saturated carbocycles. The number of anilines is 1. The molecular formula is C23H26N6O2S. The van der Waals surface area contributed by atoms with E-state index in [0.717, 1.165) is 32.9 Å². The molecule has 0 unspecified atom stereocenters. The van der Waals surface area contributed by atoms with Gasteiger partial charge < -0.3 is 15.0 Å². The highest BCUT2D eigenvalue weighted by molar-refractivity contribution is 7.22. The number of aromatic amines is 1. The summed E-state index contributed by atoms with van der Waals surface area (Å²) in [4.78, 5) is 28.7. The zero-order valence-corrected chi connectivity index (χ0v) is 19.3. The van der Waals surface area contributed by atoms with Crippen LogP contribution in [-0.2, 0) is 11.8 Å². The maximum atomic E-state index is 12.3. The van der Waals surface area contributed by atoms with Gasteiger partial charge in [0.25, 0.3) is 0 Å². The van der Waals surface area contributed by atoms with Crippen molar-refractivity contribution in [3.8, 4) is 16.9 Å². The van der Waals surface area contributed by atoms with Gasteiger partial charge in [-0.2, -0.15) is 0 Å². The van der Waals surface area contributed by atoms with Gasteiger partial charge in [-0.25, -0.2) is 14.8 Å². The minimum Gasteiger partial charge on any atom is -0.495 e. The summed E-state index contributed by atoms with van der Waals surface area (Å²) in [6.45, 7) is 6.82. The van der Waals surface area contributed by atoms with Crippen molar-refractivity contribution in [2.45, 2.75) is 32.6 Å². The zero-order valence-electron chi connectivity index (χ0n) is 18.5. The fourth-order valence-corrected chi connectivity index (χ4v) is 4.07. The number of nitrogens with zero attached hydrogens (tertiary/aromatic N) is 3. The summed E-state index contributed by atoms with van der Waals surface area (Å²) in [6, 6.07) is 7.62. The summed E-state index contributed by atoms with van der Waals surface area (Å²) in [7, 11) is 1.62. The number of nitrogens with one attached hydrogen (secondary N) is 3. The molecule has 3 heterocycles. The van der Waals surface area contributed by atoms with Gasteiger partial charge in [0.2, 0.25) is 0 Å². The molecule has 9 heteroatoms. The highest BCUT2D eigenvalue weighted by atomic mass is 32.1. The van der Waals surface area contributed by atoms with Crippen LogP contribution in [0, 0.1) is 0 Å². The number of hydrogen-bond donors (Lipinski definition) is 3. The molecular weight excluding hydrogens is 424 g/mol. The van der Waals surface area contributed by atoms with E-state index in [9.17, 15) is 4.79 Å². The second-order valence-electron chi connectivity index (χ2n) is 8.45. The molecule has 32 heavy (non-hydrogen) atoms. The molecule has 0 saturated heterocycles. The molecule has 0 aliphatic rings. The second-order valence-corrected chi connectivity index (χ2v) is 9.48. The molecule has 0 aliphatic heterocycles. The maximum Gasteiger partial charge on any atom is 0.321 e. The SMILES string of the molecule is COc1cncc(-c2ccc3nc(NC(=O)NCCc4cnc(C(C)(C)C)[nH]4)sc3c2)c1. The van der Waals surface area contributed by atoms with Gasteiger partial charge in [-0.3, -0.25) is 10.3 Å². The third-order valence-corrected chi connectivity index (χ3v) is 5.84. The number of pyridine rings is 1. The normalized spacial score (nSPS) is 11.5. The third-order valence-electron chi connectivity index (χ3n) is 4.91. The number of rotatable bonds is 6. The molecule has 2 amide bonds. The lowest BCUT2D eigenvalue weighted by Gasteiger charge is -2.14. The number of urea groups is 1. The van der Waals surface area contributed by atoms with E-state index in [1.54, 1.807) is 19.5 Å². The molecule has 0 fully saturated rings. The van der Waals surface area contributed by atoms with Gasteiger partial charge in [-0.1, -0.05) is 38.2 Å². The Bertz CT molecular complexity index is 1240. The molecule has 3 N–H and O–H groups in total. The molecule has 4 rings (SSSR count). The number of carbonyl (C=O) groups is 1. The van der Waals surface area contributed by atoms with E-state index in [4.69, 9.17) is 4.74 Å².